The Morgan fingerprint density at radius 1 is 1.30 bits per heavy atom. The van der Waals surface area contributed by atoms with Crippen LogP contribution in [-0.2, 0) is 6.61 Å². The fourth-order valence-corrected chi connectivity index (χ4v) is 2.22. The van der Waals surface area contributed by atoms with Crippen LogP contribution < -0.4 is 4.74 Å². The minimum atomic E-state index is -0.979. The van der Waals surface area contributed by atoms with Crippen molar-refractivity contribution in [2.45, 2.75) is 13.5 Å². The number of hydrogen-bond acceptors (Lipinski definition) is 2. The molecule has 0 saturated carbocycles. The van der Waals surface area contributed by atoms with Crippen molar-refractivity contribution >= 4 is 21.9 Å². The van der Waals surface area contributed by atoms with E-state index in [0.717, 1.165) is 5.56 Å². The number of aromatic carboxylic acids is 1. The fourth-order valence-electron chi connectivity index (χ4n) is 1.73. The molecule has 0 radical (unpaired) electrons. The van der Waals surface area contributed by atoms with E-state index >= 15 is 0 Å². The molecule has 2 aromatic rings. The van der Waals surface area contributed by atoms with Crippen molar-refractivity contribution in [1.82, 2.24) is 0 Å². The van der Waals surface area contributed by atoms with Gasteiger partial charge in [0.05, 0.1) is 5.56 Å². The molecule has 0 unspecified atom stereocenters. The Kier molecular flexibility index (Phi) is 4.39. The molecule has 3 nitrogen and oxygen atoms in total. The highest BCUT2D eigenvalue weighted by Gasteiger charge is 2.08. The molecule has 5 heteroatoms. The van der Waals surface area contributed by atoms with Crippen molar-refractivity contribution in [2.75, 3.05) is 0 Å². The molecule has 0 saturated heterocycles. The Morgan fingerprint density at radius 3 is 2.65 bits per heavy atom. The second-order valence-electron chi connectivity index (χ2n) is 4.31. The highest BCUT2D eigenvalue weighted by atomic mass is 79.9. The molecule has 0 fully saturated rings. The number of ether oxygens (including phenoxy) is 1. The van der Waals surface area contributed by atoms with Crippen LogP contribution >= 0.6 is 15.9 Å². The van der Waals surface area contributed by atoms with Crippen LogP contribution in [-0.4, -0.2) is 11.1 Å². The number of rotatable bonds is 4. The van der Waals surface area contributed by atoms with E-state index in [-0.39, 0.29) is 18.0 Å². The zero-order valence-electron chi connectivity index (χ0n) is 10.7. The molecule has 0 spiro atoms. The van der Waals surface area contributed by atoms with Gasteiger partial charge >= 0.3 is 5.97 Å². The van der Waals surface area contributed by atoms with Crippen molar-refractivity contribution in [3.05, 3.63) is 63.4 Å². The Balaban J connectivity index is 2.13. The first kappa shape index (κ1) is 14.5. The second-order valence-corrected chi connectivity index (χ2v) is 5.16. The normalized spacial score (nSPS) is 10.3. The number of carbonyl (C=O) groups is 1. The van der Waals surface area contributed by atoms with Crippen molar-refractivity contribution in [2.24, 2.45) is 0 Å². The van der Waals surface area contributed by atoms with Gasteiger partial charge in [-0.25, -0.2) is 9.18 Å². The Bertz CT molecular complexity index is 656. The smallest absolute Gasteiger partial charge is 0.335 e. The summed E-state index contributed by atoms with van der Waals surface area (Å²) in [6.07, 6.45) is 0. The molecule has 0 amide bonds. The number of aryl methyl sites for hydroxylation is 1. The van der Waals surface area contributed by atoms with Crippen LogP contribution in [0.3, 0.4) is 0 Å². The SMILES string of the molecule is Cc1cc(F)ccc1OCc1ccc(C(=O)O)cc1Br. The lowest BCUT2D eigenvalue weighted by Gasteiger charge is -2.10. The van der Waals surface area contributed by atoms with Gasteiger partial charge in [0.1, 0.15) is 18.2 Å². The summed E-state index contributed by atoms with van der Waals surface area (Å²) in [5, 5.41) is 8.88. The van der Waals surface area contributed by atoms with E-state index in [1.165, 1.54) is 24.3 Å². The summed E-state index contributed by atoms with van der Waals surface area (Å²) in [5.41, 5.74) is 1.74. The molecule has 2 rings (SSSR count). The largest absolute Gasteiger partial charge is 0.489 e. The molecule has 0 bridgehead atoms. The molecule has 0 aliphatic heterocycles. The van der Waals surface area contributed by atoms with Crippen molar-refractivity contribution in [3.8, 4) is 5.75 Å². The maximum Gasteiger partial charge on any atom is 0.335 e. The predicted molar refractivity (Wildman–Crippen MR) is 76.6 cm³/mol. The van der Waals surface area contributed by atoms with E-state index in [1.54, 1.807) is 19.1 Å². The van der Waals surface area contributed by atoms with Crippen LogP contribution in [0.5, 0.6) is 5.75 Å². The van der Waals surface area contributed by atoms with E-state index in [1.807, 2.05) is 0 Å². The highest BCUT2D eigenvalue weighted by molar-refractivity contribution is 9.10. The van der Waals surface area contributed by atoms with Gasteiger partial charge in [-0.1, -0.05) is 22.0 Å². The summed E-state index contributed by atoms with van der Waals surface area (Å²) in [4.78, 5) is 10.8. The maximum atomic E-state index is 13.0. The van der Waals surface area contributed by atoms with Crippen molar-refractivity contribution in [3.63, 3.8) is 0 Å². The van der Waals surface area contributed by atoms with Gasteiger partial charge in [-0.15, -0.1) is 0 Å². The molecule has 0 atom stereocenters. The van der Waals surface area contributed by atoms with E-state index in [0.29, 0.717) is 15.8 Å². The summed E-state index contributed by atoms with van der Waals surface area (Å²) in [5.74, 6) is -0.685. The van der Waals surface area contributed by atoms with Gasteiger partial charge in [0.15, 0.2) is 0 Å². The Labute approximate surface area is 124 Å². The van der Waals surface area contributed by atoms with Gasteiger partial charge in [0, 0.05) is 10.0 Å². The molecule has 104 valence electrons. The minimum absolute atomic E-state index is 0.207. The number of carboxylic acid groups (broad SMARTS) is 1. The number of halogens is 2. The van der Waals surface area contributed by atoms with Gasteiger partial charge in [0.25, 0.3) is 0 Å². The average Bonchev–Trinajstić information content (AvgIpc) is 2.38. The van der Waals surface area contributed by atoms with Gasteiger partial charge in [-0.3, -0.25) is 0 Å². The van der Waals surface area contributed by atoms with Crippen LogP contribution in [0.2, 0.25) is 0 Å². The first-order valence-corrected chi connectivity index (χ1v) is 6.67. The number of hydrogen-bond donors (Lipinski definition) is 1. The molecule has 0 aromatic heterocycles. The first-order valence-electron chi connectivity index (χ1n) is 5.88. The number of benzene rings is 2. The fraction of sp³-hybridized carbons (Fsp3) is 0.133. The molecule has 0 heterocycles. The molecule has 1 N–H and O–H groups in total. The quantitative estimate of drug-likeness (QED) is 0.909. The number of carboxylic acids is 1. The lowest BCUT2D eigenvalue weighted by molar-refractivity contribution is 0.0696. The predicted octanol–water partition coefficient (Wildman–Crippen LogP) is 4.17. The van der Waals surface area contributed by atoms with Crippen LogP contribution in [0.4, 0.5) is 4.39 Å². The van der Waals surface area contributed by atoms with Gasteiger partial charge in [-0.2, -0.15) is 0 Å². The van der Waals surface area contributed by atoms with Crippen molar-refractivity contribution in [1.29, 1.82) is 0 Å². The summed E-state index contributed by atoms with van der Waals surface area (Å²) in [6.45, 7) is 2.04. The van der Waals surface area contributed by atoms with Crippen LogP contribution in [0, 0.1) is 12.7 Å². The zero-order valence-corrected chi connectivity index (χ0v) is 12.3. The Morgan fingerprint density at radius 2 is 2.05 bits per heavy atom. The van der Waals surface area contributed by atoms with Crippen LogP contribution in [0.1, 0.15) is 21.5 Å². The lowest BCUT2D eigenvalue weighted by atomic mass is 10.1. The highest BCUT2D eigenvalue weighted by Crippen LogP contribution is 2.23. The third-order valence-corrected chi connectivity index (χ3v) is 3.56. The summed E-state index contributed by atoms with van der Waals surface area (Å²) >= 11 is 3.32. The molecule has 0 aliphatic carbocycles. The standard InChI is InChI=1S/C15H12BrFO3/c1-9-6-12(17)4-5-14(9)20-8-11-3-2-10(15(18)19)7-13(11)16/h2-7H,8H2,1H3,(H,18,19). The summed E-state index contributed by atoms with van der Waals surface area (Å²) in [6, 6.07) is 9.04. The van der Waals surface area contributed by atoms with Gasteiger partial charge in [-0.05, 0) is 42.8 Å². The molecular formula is C15H12BrFO3. The average molecular weight is 339 g/mol. The van der Waals surface area contributed by atoms with Crippen molar-refractivity contribution < 1.29 is 19.0 Å². The molecule has 2 aromatic carbocycles. The third-order valence-electron chi connectivity index (χ3n) is 2.82. The molecular weight excluding hydrogens is 327 g/mol. The molecule has 20 heavy (non-hydrogen) atoms. The minimum Gasteiger partial charge on any atom is -0.489 e. The van der Waals surface area contributed by atoms with Crippen LogP contribution in [0.15, 0.2) is 40.9 Å². The second kappa shape index (κ2) is 6.05. The van der Waals surface area contributed by atoms with Crippen LogP contribution in [0.25, 0.3) is 0 Å². The topological polar surface area (TPSA) is 46.5 Å². The van der Waals surface area contributed by atoms with Gasteiger partial charge in [0.2, 0.25) is 0 Å². The first-order chi connectivity index (χ1) is 9.47. The molecule has 0 aliphatic rings. The van der Waals surface area contributed by atoms with E-state index in [4.69, 9.17) is 9.84 Å². The Hall–Kier alpha value is -1.88. The van der Waals surface area contributed by atoms with E-state index in [9.17, 15) is 9.18 Å². The maximum absolute atomic E-state index is 13.0. The summed E-state index contributed by atoms with van der Waals surface area (Å²) in [7, 11) is 0. The van der Waals surface area contributed by atoms with Gasteiger partial charge < -0.3 is 9.84 Å². The summed E-state index contributed by atoms with van der Waals surface area (Å²) < 4.78 is 19.3. The zero-order chi connectivity index (χ0) is 14.7. The van der Waals surface area contributed by atoms with E-state index < -0.39 is 5.97 Å². The third kappa shape index (κ3) is 3.36. The van der Waals surface area contributed by atoms with E-state index in [2.05, 4.69) is 15.9 Å². The monoisotopic (exact) mass is 338 g/mol. The lowest BCUT2D eigenvalue weighted by Crippen LogP contribution is -2.01.